The van der Waals surface area contributed by atoms with Gasteiger partial charge in [-0.2, -0.15) is 0 Å². The Bertz CT molecular complexity index is 654. The minimum Gasteiger partial charge on any atom is -0.496 e. The van der Waals surface area contributed by atoms with Gasteiger partial charge < -0.3 is 14.2 Å². The van der Waals surface area contributed by atoms with Crippen LogP contribution in [-0.4, -0.2) is 46.7 Å². The molecule has 0 radical (unpaired) electrons. The molecule has 0 aromatic heterocycles. The van der Waals surface area contributed by atoms with Crippen LogP contribution < -0.4 is 9.46 Å². The number of benzene rings is 1. The van der Waals surface area contributed by atoms with Gasteiger partial charge in [-0.05, 0) is 24.6 Å². The van der Waals surface area contributed by atoms with Gasteiger partial charge in [0, 0.05) is 18.0 Å². The fourth-order valence-electron chi connectivity index (χ4n) is 3.07. The molecule has 23 heavy (non-hydrogen) atoms. The molecule has 2 saturated heterocycles. The van der Waals surface area contributed by atoms with Crippen LogP contribution in [0.4, 0.5) is 4.39 Å². The quantitative estimate of drug-likeness (QED) is 0.834. The van der Waals surface area contributed by atoms with Crippen molar-refractivity contribution in [3.8, 4) is 5.75 Å². The normalized spacial score (nSPS) is 27.1. The lowest BCUT2D eigenvalue weighted by Gasteiger charge is -2.14. The summed E-state index contributed by atoms with van der Waals surface area (Å²) in [4.78, 5) is 0. The molecule has 6 nitrogen and oxygen atoms in total. The van der Waals surface area contributed by atoms with Crippen molar-refractivity contribution >= 4 is 10.0 Å². The van der Waals surface area contributed by atoms with Crippen molar-refractivity contribution in [3.63, 3.8) is 0 Å². The molecule has 0 saturated carbocycles. The third-order valence-corrected chi connectivity index (χ3v) is 5.60. The number of ether oxygens (including phenoxy) is 3. The maximum Gasteiger partial charge on any atom is 0.214 e. The SMILES string of the molecule is COc1ccc(F)cc1CNS(=O)(=O)C[C@@H]1C[C@H]2COC[C@@H]2O1. The van der Waals surface area contributed by atoms with Gasteiger partial charge in [-0.1, -0.05) is 0 Å². The second-order valence-corrected chi connectivity index (χ2v) is 7.74. The first-order chi connectivity index (χ1) is 11.0. The van der Waals surface area contributed by atoms with Gasteiger partial charge >= 0.3 is 0 Å². The Balaban J connectivity index is 1.58. The first kappa shape index (κ1) is 16.6. The molecule has 3 rings (SSSR count). The molecule has 2 fully saturated rings. The first-order valence-electron chi connectivity index (χ1n) is 7.50. The summed E-state index contributed by atoms with van der Waals surface area (Å²) >= 11 is 0. The predicted octanol–water partition coefficient (Wildman–Crippen LogP) is 1.06. The van der Waals surface area contributed by atoms with Crippen molar-refractivity contribution in [2.75, 3.05) is 26.1 Å². The molecule has 0 spiro atoms. The highest BCUT2D eigenvalue weighted by atomic mass is 32.2. The molecule has 128 valence electrons. The first-order valence-corrected chi connectivity index (χ1v) is 9.15. The summed E-state index contributed by atoms with van der Waals surface area (Å²) in [6.45, 7) is 1.15. The number of hydrogen-bond acceptors (Lipinski definition) is 5. The van der Waals surface area contributed by atoms with E-state index < -0.39 is 15.8 Å². The molecule has 2 aliphatic rings. The Labute approximate surface area is 135 Å². The van der Waals surface area contributed by atoms with E-state index in [1.54, 1.807) is 0 Å². The van der Waals surface area contributed by atoms with Gasteiger partial charge in [-0.15, -0.1) is 0 Å². The van der Waals surface area contributed by atoms with Gasteiger partial charge in [-0.25, -0.2) is 17.5 Å². The van der Waals surface area contributed by atoms with E-state index in [1.165, 1.54) is 25.3 Å². The molecule has 3 atom stereocenters. The minimum atomic E-state index is -3.53. The van der Waals surface area contributed by atoms with Crippen LogP contribution in [0.1, 0.15) is 12.0 Å². The smallest absolute Gasteiger partial charge is 0.214 e. The van der Waals surface area contributed by atoms with Crippen molar-refractivity contribution in [1.82, 2.24) is 4.72 Å². The van der Waals surface area contributed by atoms with Crippen LogP contribution >= 0.6 is 0 Å². The zero-order chi connectivity index (χ0) is 16.4. The Hall–Kier alpha value is -1.22. The van der Waals surface area contributed by atoms with E-state index in [-0.39, 0.29) is 24.5 Å². The molecule has 2 aliphatic heterocycles. The third kappa shape index (κ3) is 4.00. The predicted molar refractivity (Wildman–Crippen MR) is 81.2 cm³/mol. The molecule has 0 amide bonds. The van der Waals surface area contributed by atoms with E-state index in [0.29, 0.717) is 36.9 Å². The summed E-state index contributed by atoms with van der Waals surface area (Å²) in [7, 11) is -2.07. The van der Waals surface area contributed by atoms with Gasteiger partial charge in [0.25, 0.3) is 0 Å². The van der Waals surface area contributed by atoms with Gasteiger partial charge in [0.15, 0.2) is 0 Å². The van der Waals surface area contributed by atoms with Crippen molar-refractivity contribution in [3.05, 3.63) is 29.6 Å². The second kappa shape index (κ2) is 6.72. The Kier molecular flexibility index (Phi) is 4.86. The van der Waals surface area contributed by atoms with Gasteiger partial charge in [0.1, 0.15) is 11.6 Å². The maximum atomic E-state index is 13.3. The highest BCUT2D eigenvalue weighted by molar-refractivity contribution is 7.89. The van der Waals surface area contributed by atoms with Crippen LogP contribution in [0, 0.1) is 11.7 Å². The number of rotatable bonds is 6. The lowest BCUT2D eigenvalue weighted by molar-refractivity contribution is 0.0299. The Morgan fingerprint density at radius 1 is 1.39 bits per heavy atom. The van der Waals surface area contributed by atoms with E-state index in [4.69, 9.17) is 14.2 Å². The summed E-state index contributed by atoms with van der Waals surface area (Å²) in [6.07, 6.45) is 0.383. The number of sulfonamides is 1. The molecular weight excluding hydrogens is 325 g/mol. The Morgan fingerprint density at radius 3 is 2.96 bits per heavy atom. The molecular formula is C15H20FNO5S. The van der Waals surface area contributed by atoms with Crippen LogP contribution in [0.3, 0.4) is 0 Å². The monoisotopic (exact) mass is 345 g/mol. The van der Waals surface area contributed by atoms with Crippen molar-refractivity contribution in [2.24, 2.45) is 5.92 Å². The molecule has 1 aromatic rings. The van der Waals surface area contributed by atoms with E-state index in [0.717, 1.165) is 0 Å². The van der Waals surface area contributed by atoms with Crippen LogP contribution in [0.15, 0.2) is 18.2 Å². The molecule has 0 unspecified atom stereocenters. The van der Waals surface area contributed by atoms with E-state index >= 15 is 0 Å². The summed E-state index contributed by atoms with van der Waals surface area (Å²) in [6, 6.07) is 4.00. The average Bonchev–Trinajstić information content (AvgIpc) is 3.06. The van der Waals surface area contributed by atoms with Crippen LogP contribution in [-0.2, 0) is 26.0 Å². The second-order valence-electron chi connectivity index (χ2n) is 5.89. The number of fused-ring (bicyclic) bond motifs is 1. The molecule has 2 heterocycles. The van der Waals surface area contributed by atoms with Crippen LogP contribution in [0.25, 0.3) is 0 Å². The number of hydrogen-bond donors (Lipinski definition) is 1. The fourth-order valence-corrected chi connectivity index (χ4v) is 4.27. The van der Waals surface area contributed by atoms with Crippen LogP contribution in [0.2, 0.25) is 0 Å². The molecule has 0 bridgehead atoms. The van der Waals surface area contributed by atoms with Crippen molar-refractivity contribution in [1.29, 1.82) is 0 Å². The van der Waals surface area contributed by atoms with E-state index in [1.807, 2.05) is 0 Å². The third-order valence-electron chi connectivity index (χ3n) is 4.20. The van der Waals surface area contributed by atoms with Crippen molar-refractivity contribution in [2.45, 2.75) is 25.2 Å². The zero-order valence-corrected chi connectivity index (χ0v) is 13.6. The number of methoxy groups -OCH3 is 1. The average molecular weight is 345 g/mol. The standard InChI is InChI=1S/C15H20FNO5S/c1-20-14-3-2-12(16)4-10(14)6-17-23(18,19)9-13-5-11-7-21-8-15(11)22-13/h2-4,11,13,15,17H,5-9H2,1H3/t11-,13-,15-/m0/s1. The molecule has 0 aliphatic carbocycles. The number of nitrogens with one attached hydrogen (secondary N) is 1. The lowest BCUT2D eigenvalue weighted by atomic mass is 10.0. The van der Waals surface area contributed by atoms with E-state index in [2.05, 4.69) is 4.72 Å². The minimum absolute atomic E-state index is 0.0125. The van der Waals surface area contributed by atoms with Crippen LogP contribution in [0.5, 0.6) is 5.75 Å². The van der Waals surface area contributed by atoms with Gasteiger partial charge in [0.05, 0.1) is 38.3 Å². The topological polar surface area (TPSA) is 73.9 Å². The summed E-state index contributed by atoms with van der Waals surface area (Å²) in [5, 5.41) is 0. The number of halogens is 1. The molecule has 1 N–H and O–H groups in total. The molecule has 1 aromatic carbocycles. The summed E-state index contributed by atoms with van der Waals surface area (Å²) in [5.74, 6) is 0.195. The summed E-state index contributed by atoms with van der Waals surface area (Å²) in [5.41, 5.74) is 0.452. The zero-order valence-electron chi connectivity index (χ0n) is 12.8. The lowest BCUT2D eigenvalue weighted by Crippen LogP contribution is -2.32. The Morgan fingerprint density at radius 2 is 2.22 bits per heavy atom. The largest absolute Gasteiger partial charge is 0.496 e. The highest BCUT2D eigenvalue weighted by Crippen LogP contribution is 2.31. The molecule has 8 heteroatoms. The van der Waals surface area contributed by atoms with E-state index in [9.17, 15) is 12.8 Å². The van der Waals surface area contributed by atoms with Crippen molar-refractivity contribution < 1.29 is 27.0 Å². The highest BCUT2D eigenvalue weighted by Gasteiger charge is 2.40. The van der Waals surface area contributed by atoms with Gasteiger partial charge in [-0.3, -0.25) is 0 Å². The summed E-state index contributed by atoms with van der Waals surface area (Å²) < 4.78 is 56.3. The fraction of sp³-hybridized carbons (Fsp3) is 0.600. The van der Waals surface area contributed by atoms with Gasteiger partial charge in [0.2, 0.25) is 10.0 Å². The maximum absolute atomic E-state index is 13.3.